The van der Waals surface area contributed by atoms with Crippen LogP contribution in [0.1, 0.15) is 38.7 Å². The Bertz CT molecular complexity index is 369. The zero-order valence-corrected chi connectivity index (χ0v) is 12.9. The Morgan fingerprint density at radius 1 is 1.15 bits per heavy atom. The van der Waals surface area contributed by atoms with E-state index in [0.29, 0.717) is 6.10 Å². The maximum absolute atomic E-state index is 5.52. The molecule has 1 fully saturated rings. The lowest BCUT2D eigenvalue weighted by Crippen LogP contribution is -2.18. The number of nitrogens with one attached hydrogen (secondary N) is 1. The number of nitrogens with zero attached hydrogens (tertiary/aromatic N) is 1. The Morgan fingerprint density at radius 3 is 2.50 bits per heavy atom. The quantitative estimate of drug-likeness (QED) is 0.738. The predicted molar refractivity (Wildman–Crippen MR) is 85.3 cm³/mol. The maximum Gasteiger partial charge on any atom is 0.0518 e. The zero-order chi connectivity index (χ0) is 14.2. The third-order valence-corrected chi connectivity index (χ3v) is 3.69. The molecule has 0 saturated carbocycles. The number of anilines is 1. The van der Waals surface area contributed by atoms with Crippen molar-refractivity contribution in [2.24, 2.45) is 0 Å². The third-order valence-electron chi connectivity index (χ3n) is 3.69. The summed E-state index contributed by atoms with van der Waals surface area (Å²) in [7, 11) is 0. The summed E-state index contributed by atoms with van der Waals surface area (Å²) in [5.74, 6) is 0. The molecule has 2 rings (SSSR count). The van der Waals surface area contributed by atoms with Gasteiger partial charge in [-0.3, -0.25) is 0 Å². The molecule has 3 nitrogen and oxygen atoms in total. The molecule has 0 amide bonds. The van der Waals surface area contributed by atoms with E-state index < -0.39 is 0 Å². The molecule has 0 radical (unpaired) electrons. The fourth-order valence-electron chi connectivity index (χ4n) is 2.55. The van der Waals surface area contributed by atoms with E-state index in [1.165, 1.54) is 37.2 Å². The molecule has 1 aromatic rings. The lowest BCUT2D eigenvalue weighted by atomic mass is 10.2. The monoisotopic (exact) mass is 276 g/mol. The molecule has 0 aliphatic carbocycles. The number of ether oxygens (including phenoxy) is 1. The van der Waals surface area contributed by atoms with Crippen molar-refractivity contribution < 1.29 is 4.74 Å². The largest absolute Gasteiger partial charge is 0.379 e. The van der Waals surface area contributed by atoms with Gasteiger partial charge in [0.25, 0.3) is 0 Å². The molecule has 1 heterocycles. The molecule has 1 saturated heterocycles. The summed E-state index contributed by atoms with van der Waals surface area (Å²) in [4.78, 5) is 2.47. The van der Waals surface area contributed by atoms with Gasteiger partial charge in [-0.25, -0.2) is 0 Å². The van der Waals surface area contributed by atoms with E-state index in [0.717, 1.165) is 26.1 Å². The van der Waals surface area contributed by atoms with Crippen LogP contribution in [0, 0.1) is 0 Å². The van der Waals surface area contributed by atoms with E-state index in [9.17, 15) is 0 Å². The number of rotatable bonds is 8. The lowest BCUT2D eigenvalue weighted by Gasteiger charge is -2.17. The summed E-state index contributed by atoms with van der Waals surface area (Å²) in [5, 5.41) is 3.47. The van der Waals surface area contributed by atoms with Crippen molar-refractivity contribution >= 4 is 5.69 Å². The molecular weight excluding hydrogens is 248 g/mol. The molecule has 0 unspecified atom stereocenters. The molecule has 0 spiro atoms. The predicted octanol–water partition coefficient (Wildman–Crippen LogP) is 3.19. The summed E-state index contributed by atoms with van der Waals surface area (Å²) >= 11 is 0. The average Bonchev–Trinajstić information content (AvgIpc) is 2.97. The second kappa shape index (κ2) is 8.28. The molecule has 0 atom stereocenters. The van der Waals surface area contributed by atoms with Gasteiger partial charge in [0.05, 0.1) is 6.10 Å². The van der Waals surface area contributed by atoms with Crippen LogP contribution in [0.4, 0.5) is 5.69 Å². The highest BCUT2D eigenvalue weighted by molar-refractivity contribution is 5.48. The topological polar surface area (TPSA) is 24.5 Å². The summed E-state index contributed by atoms with van der Waals surface area (Å²) < 4.78 is 5.52. The van der Waals surface area contributed by atoms with Crippen LogP contribution in [0.15, 0.2) is 24.3 Å². The maximum atomic E-state index is 5.52. The van der Waals surface area contributed by atoms with E-state index in [-0.39, 0.29) is 0 Å². The van der Waals surface area contributed by atoms with E-state index in [2.05, 4.69) is 48.3 Å². The summed E-state index contributed by atoms with van der Waals surface area (Å²) in [6, 6.07) is 8.99. The normalized spacial score (nSPS) is 15.2. The van der Waals surface area contributed by atoms with E-state index in [4.69, 9.17) is 4.74 Å². The van der Waals surface area contributed by atoms with Crippen molar-refractivity contribution in [3.63, 3.8) is 0 Å². The second-order valence-electron chi connectivity index (χ2n) is 5.81. The van der Waals surface area contributed by atoms with Crippen LogP contribution in [0.2, 0.25) is 0 Å². The first kappa shape index (κ1) is 15.3. The van der Waals surface area contributed by atoms with Crippen LogP contribution >= 0.6 is 0 Å². The molecule has 0 bridgehead atoms. The molecule has 1 aliphatic rings. The molecule has 1 N–H and O–H groups in total. The second-order valence-corrected chi connectivity index (χ2v) is 5.81. The summed E-state index contributed by atoms with van der Waals surface area (Å²) in [6.07, 6.45) is 4.08. The number of hydrogen-bond acceptors (Lipinski definition) is 3. The molecule has 0 aromatic heterocycles. The minimum Gasteiger partial charge on any atom is -0.379 e. The highest BCUT2D eigenvalue weighted by Crippen LogP contribution is 2.20. The van der Waals surface area contributed by atoms with Gasteiger partial charge >= 0.3 is 0 Å². The van der Waals surface area contributed by atoms with Crippen LogP contribution in [0.5, 0.6) is 0 Å². The molecule has 20 heavy (non-hydrogen) atoms. The van der Waals surface area contributed by atoms with Crippen LogP contribution < -0.4 is 10.2 Å². The van der Waals surface area contributed by atoms with E-state index in [1.807, 2.05) is 0 Å². The van der Waals surface area contributed by atoms with Gasteiger partial charge in [-0.1, -0.05) is 12.1 Å². The first-order valence-corrected chi connectivity index (χ1v) is 7.92. The minimum absolute atomic E-state index is 0.341. The molecule has 112 valence electrons. The van der Waals surface area contributed by atoms with Crippen LogP contribution in [-0.2, 0) is 11.3 Å². The highest BCUT2D eigenvalue weighted by atomic mass is 16.5. The third kappa shape index (κ3) is 5.14. The molecule has 1 aliphatic heterocycles. The molecular formula is C17H28N2O. The van der Waals surface area contributed by atoms with Crippen LogP contribution in [0.25, 0.3) is 0 Å². The fourth-order valence-corrected chi connectivity index (χ4v) is 2.55. The first-order valence-electron chi connectivity index (χ1n) is 7.92. The smallest absolute Gasteiger partial charge is 0.0518 e. The van der Waals surface area contributed by atoms with Gasteiger partial charge in [-0.15, -0.1) is 0 Å². The van der Waals surface area contributed by atoms with Gasteiger partial charge in [0, 0.05) is 31.9 Å². The SMILES string of the molecule is CC(C)OCCCNCc1ccc(N2CCCC2)cc1. The minimum atomic E-state index is 0.341. The molecule has 1 aromatic carbocycles. The molecule has 3 heteroatoms. The van der Waals surface area contributed by atoms with Gasteiger partial charge in [0.15, 0.2) is 0 Å². The van der Waals surface area contributed by atoms with Crippen molar-refractivity contribution in [1.82, 2.24) is 5.32 Å². The van der Waals surface area contributed by atoms with Crippen molar-refractivity contribution in [1.29, 1.82) is 0 Å². The Balaban J connectivity index is 1.63. The van der Waals surface area contributed by atoms with E-state index in [1.54, 1.807) is 0 Å². The van der Waals surface area contributed by atoms with Crippen LogP contribution in [0.3, 0.4) is 0 Å². The Morgan fingerprint density at radius 2 is 1.85 bits per heavy atom. The number of hydrogen-bond donors (Lipinski definition) is 1. The van der Waals surface area contributed by atoms with Crippen molar-refractivity contribution in [2.45, 2.75) is 45.8 Å². The number of benzene rings is 1. The Hall–Kier alpha value is -1.06. The zero-order valence-electron chi connectivity index (χ0n) is 12.9. The summed E-state index contributed by atoms with van der Waals surface area (Å²) in [5.41, 5.74) is 2.73. The van der Waals surface area contributed by atoms with Crippen molar-refractivity contribution in [3.8, 4) is 0 Å². The van der Waals surface area contributed by atoms with Gasteiger partial charge < -0.3 is 15.0 Å². The lowest BCUT2D eigenvalue weighted by molar-refractivity contribution is 0.0770. The van der Waals surface area contributed by atoms with Gasteiger partial charge in [0.2, 0.25) is 0 Å². The van der Waals surface area contributed by atoms with Crippen molar-refractivity contribution in [2.75, 3.05) is 31.1 Å². The van der Waals surface area contributed by atoms with Crippen molar-refractivity contribution in [3.05, 3.63) is 29.8 Å². The average molecular weight is 276 g/mol. The first-order chi connectivity index (χ1) is 9.75. The van der Waals surface area contributed by atoms with Gasteiger partial charge in [-0.2, -0.15) is 0 Å². The Kier molecular flexibility index (Phi) is 6.34. The van der Waals surface area contributed by atoms with Crippen LogP contribution in [-0.4, -0.2) is 32.3 Å². The Labute approximate surface area is 123 Å². The standard InChI is InChI=1S/C17H28N2O/c1-15(2)20-13-5-10-18-14-16-6-8-17(9-7-16)19-11-3-4-12-19/h6-9,15,18H,3-5,10-14H2,1-2H3. The fraction of sp³-hybridized carbons (Fsp3) is 0.647. The highest BCUT2D eigenvalue weighted by Gasteiger charge is 2.11. The summed E-state index contributed by atoms with van der Waals surface area (Å²) in [6.45, 7) is 9.40. The van der Waals surface area contributed by atoms with Gasteiger partial charge in [-0.05, 0) is 57.4 Å². The van der Waals surface area contributed by atoms with E-state index >= 15 is 0 Å². The van der Waals surface area contributed by atoms with Gasteiger partial charge in [0.1, 0.15) is 0 Å².